The van der Waals surface area contributed by atoms with Crippen LogP contribution < -0.4 is 0 Å². The van der Waals surface area contributed by atoms with E-state index < -0.39 is 0 Å². The Morgan fingerprint density at radius 3 is 2.56 bits per heavy atom. The van der Waals surface area contributed by atoms with E-state index in [0.717, 1.165) is 10.8 Å². The molecular formula is C14H15N3S. The van der Waals surface area contributed by atoms with Gasteiger partial charge in [0.15, 0.2) is 10.8 Å². The van der Waals surface area contributed by atoms with Crippen LogP contribution in [0, 0.1) is 20.8 Å². The van der Waals surface area contributed by atoms with Crippen LogP contribution in [0.4, 0.5) is 0 Å². The largest absolute Gasteiger partial charge is 0.269 e. The molecule has 3 nitrogen and oxygen atoms in total. The average molecular weight is 257 g/mol. The van der Waals surface area contributed by atoms with Crippen molar-refractivity contribution >= 4 is 28.3 Å². The number of aryl methyl sites for hydroxylation is 3. The highest BCUT2D eigenvalue weighted by molar-refractivity contribution is 7.98. The Kier molecular flexibility index (Phi) is 2.55. The number of nitrogens with zero attached hydrogens (tertiary/aromatic N) is 3. The first-order valence-corrected chi connectivity index (χ1v) is 7.14. The van der Waals surface area contributed by atoms with Gasteiger partial charge < -0.3 is 0 Å². The van der Waals surface area contributed by atoms with E-state index in [4.69, 9.17) is 0 Å². The van der Waals surface area contributed by atoms with Crippen molar-refractivity contribution in [3.63, 3.8) is 0 Å². The fraction of sp³-hybridized carbons (Fsp3) is 0.286. The number of pyridine rings is 1. The summed E-state index contributed by atoms with van der Waals surface area (Å²) in [5, 5.41) is 10.8. The van der Waals surface area contributed by atoms with E-state index in [2.05, 4.69) is 53.6 Å². The molecule has 0 saturated heterocycles. The zero-order valence-electron chi connectivity index (χ0n) is 11.0. The maximum atomic E-state index is 4.30. The predicted octanol–water partition coefficient (Wildman–Crippen LogP) is 3.53. The van der Waals surface area contributed by atoms with Gasteiger partial charge in [-0.05, 0) is 55.2 Å². The molecule has 0 fully saturated rings. The van der Waals surface area contributed by atoms with Gasteiger partial charge in [0.25, 0.3) is 0 Å². The van der Waals surface area contributed by atoms with Crippen LogP contribution in [0.2, 0.25) is 0 Å². The van der Waals surface area contributed by atoms with Gasteiger partial charge in [0.1, 0.15) is 0 Å². The van der Waals surface area contributed by atoms with Crippen molar-refractivity contribution in [3.05, 3.63) is 34.9 Å². The standard InChI is InChI=1S/C14H15N3S/c1-8-5-6-11-7-9(2)13-15-16-14(18-4)17(13)12(11)10(8)3/h5-7H,1-4H3. The van der Waals surface area contributed by atoms with Crippen LogP contribution in [0.25, 0.3) is 16.6 Å². The van der Waals surface area contributed by atoms with Crippen molar-refractivity contribution in [2.24, 2.45) is 0 Å². The Morgan fingerprint density at radius 2 is 1.83 bits per heavy atom. The second kappa shape index (κ2) is 3.99. The van der Waals surface area contributed by atoms with Gasteiger partial charge in [-0.25, -0.2) is 0 Å². The van der Waals surface area contributed by atoms with Crippen LogP contribution in [-0.4, -0.2) is 20.9 Å². The molecule has 1 aromatic carbocycles. The summed E-state index contributed by atoms with van der Waals surface area (Å²) in [5.41, 5.74) is 5.95. The first-order chi connectivity index (χ1) is 8.63. The molecule has 0 aliphatic carbocycles. The summed E-state index contributed by atoms with van der Waals surface area (Å²) in [6.07, 6.45) is 2.04. The summed E-state index contributed by atoms with van der Waals surface area (Å²) in [6, 6.07) is 6.54. The number of hydrogen-bond acceptors (Lipinski definition) is 3. The minimum atomic E-state index is 0.951. The number of fused-ring (bicyclic) bond motifs is 3. The third-order valence-corrected chi connectivity index (χ3v) is 4.13. The molecule has 4 heteroatoms. The minimum Gasteiger partial charge on any atom is -0.269 e. The summed E-state index contributed by atoms with van der Waals surface area (Å²) in [6.45, 7) is 6.39. The molecule has 0 aliphatic rings. The Morgan fingerprint density at radius 1 is 1.06 bits per heavy atom. The number of thioether (sulfide) groups is 1. The average Bonchev–Trinajstić information content (AvgIpc) is 2.78. The second-order valence-electron chi connectivity index (χ2n) is 4.62. The van der Waals surface area contributed by atoms with Gasteiger partial charge in [-0.3, -0.25) is 4.40 Å². The maximum absolute atomic E-state index is 4.30. The fourth-order valence-corrected chi connectivity index (χ4v) is 2.87. The van der Waals surface area contributed by atoms with Gasteiger partial charge in [0, 0.05) is 0 Å². The Hall–Kier alpha value is -1.55. The highest BCUT2D eigenvalue weighted by Crippen LogP contribution is 2.28. The molecule has 0 bridgehead atoms. The minimum absolute atomic E-state index is 0.951. The monoisotopic (exact) mass is 257 g/mol. The van der Waals surface area contributed by atoms with E-state index in [1.165, 1.54) is 27.6 Å². The van der Waals surface area contributed by atoms with Crippen LogP contribution in [0.3, 0.4) is 0 Å². The zero-order valence-corrected chi connectivity index (χ0v) is 11.8. The number of benzene rings is 1. The summed E-state index contributed by atoms with van der Waals surface area (Å²) < 4.78 is 2.18. The lowest BCUT2D eigenvalue weighted by Gasteiger charge is -2.10. The van der Waals surface area contributed by atoms with E-state index >= 15 is 0 Å². The summed E-state index contributed by atoms with van der Waals surface area (Å²) in [4.78, 5) is 0. The van der Waals surface area contributed by atoms with Crippen LogP contribution in [0.5, 0.6) is 0 Å². The lowest BCUT2D eigenvalue weighted by molar-refractivity contribution is 0.941. The Bertz CT molecular complexity index is 759. The number of aromatic nitrogens is 3. The first-order valence-electron chi connectivity index (χ1n) is 5.92. The summed E-state index contributed by atoms with van der Waals surface area (Å²) in [5.74, 6) is 0. The molecule has 0 atom stereocenters. The normalized spacial score (nSPS) is 11.6. The van der Waals surface area contributed by atoms with E-state index in [9.17, 15) is 0 Å². The predicted molar refractivity (Wildman–Crippen MR) is 76.5 cm³/mol. The molecule has 0 radical (unpaired) electrons. The van der Waals surface area contributed by atoms with Gasteiger partial charge >= 0.3 is 0 Å². The lowest BCUT2D eigenvalue weighted by Crippen LogP contribution is -1.97. The van der Waals surface area contributed by atoms with Crippen LogP contribution >= 0.6 is 11.8 Å². The molecule has 0 saturated carbocycles. The highest BCUT2D eigenvalue weighted by atomic mass is 32.2. The molecule has 0 spiro atoms. The molecule has 2 aromatic heterocycles. The number of rotatable bonds is 1. The lowest BCUT2D eigenvalue weighted by atomic mass is 10.0. The SMILES string of the molecule is CSc1nnc2c(C)cc3ccc(C)c(C)c3n12. The van der Waals surface area contributed by atoms with Gasteiger partial charge in [-0.15, -0.1) is 10.2 Å². The van der Waals surface area contributed by atoms with Crippen LogP contribution in [-0.2, 0) is 0 Å². The van der Waals surface area contributed by atoms with Crippen molar-refractivity contribution in [1.29, 1.82) is 0 Å². The molecule has 92 valence electrons. The first kappa shape index (κ1) is 11.5. The van der Waals surface area contributed by atoms with Gasteiger partial charge in [-0.2, -0.15) is 0 Å². The molecule has 3 rings (SSSR count). The smallest absolute Gasteiger partial charge is 0.195 e. The van der Waals surface area contributed by atoms with Crippen molar-refractivity contribution in [2.45, 2.75) is 25.9 Å². The van der Waals surface area contributed by atoms with Gasteiger partial charge in [-0.1, -0.05) is 23.9 Å². The third kappa shape index (κ3) is 1.45. The fourth-order valence-electron chi connectivity index (χ4n) is 2.39. The summed E-state index contributed by atoms with van der Waals surface area (Å²) in [7, 11) is 0. The zero-order chi connectivity index (χ0) is 12.9. The van der Waals surface area contributed by atoms with E-state index in [1.807, 2.05) is 6.26 Å². The molecule has 0 amide bonds. The molecule has 2 heterocycles. The maximum Gasteiger partial charge on any atom is 0.195 e. The van der Waals surface area contributed by atoms with Crippen LogP contribution in [0.15, 0.2) is 23.4 Å². The second-order valence-corrected chi connectivity index (χ2v) is 5.39. The van der Waals surface area contributed by atoms with E-state index in [-0.39, 0.29) is 0 Å². The summed E-state index contributed by atoms with van der Waals surface area (Å²) >= 11 is 1.63. The third-order valence-electron chi connectivity index (χ3n) is 3.50. The van der Waals surface area contributed by atoms with Crippen LogP contribution in [0.1, 0.15) is 16.7 Å². The van der Waals surface area contributed by atoms with E-state index in [0.29, 0.717) is 0 Å². The molecule has 3 aromatic rings. The molecular weight excluding hydrogens is 242 g/mol. The highest BCUT2D eigenvalue weighted by Gasteiger charge is 2.13. The van der Waals surface area contributed by atoms with E-state index in [1.54, 1.807) is 11.8 Å². The topological polar surface area (TPSA) is 30.2 Å². The Labute approximate surface area is 110 Å². The van der Waals surface area contributed by atoms with Gasteiger partial charge in [0.2, 0.25) is 0 Å². The van der Waals surface area contributed by atoms with Crippen molar-refractivity contribution in [3.8, 4) is 0 Å². The quantitative estimate of drug-likeness (QED) is 0.625. The molecule has 0 aliphatic heterocycles. The molecule has 0 N–H and O–H groups in total. The van der Waals surface area contributed by atoms with Crippen molar-refractivity contribution < 1.29 is 0 Å². The van der Waals surface area contributed by atoms with Gasteiger partial charge in [0.05, 0.1) is 5.52 Å². The van der Waals surface area contributed by atoms with Crippen molar-refractivity contribution in [2.75, 3.05) is 6.26 Å². The molecule has 0 unspecified atom stereocenters. The Balaban J connectivity index is 2.64. The number of hydrogen-bond donors (Lipinski definition) is 0. The molecule has 18 heavy (non-hydrogen) atoms. The van der Waals surface area contributed by atoms with Crippen molar-refractivity contribution in [1.82, 2.24) is 14.6 Å².